The maximum absolute atomic E-state index is 11.9. The van der Waals surface area contributed by atoms with Crippen molar-refractivity contribution < 1.29 is 9.53 Å². The molecule has 1 amide bonds. The Bertz CT molecular complexity index is 584. The number of benzene rings is 1. The first-order valence-corrected chi connectivity index (χ1v) is 5.89. The Morgan fingerprint density at radius 2 is 2.11 bits per heavy atom. The van der Waals surface area contributed by atoms with Gasteiger partial charge in [-0.15, -0.1) is 0 Å². The molecule has 19 heavy (non-hydrogen) atoms. The molecule has 5 nitrogen and oxygen atoms in total. The molecule has 5 heteroatoms. The third-order valence-corrected chi connectivity index (χ3v) is 2.67. The fourth-order valence-electron chi connectivity index (χ4n) is 1.69. The van der Waals surface area contributed by atoms with E-state index in [1.165, 1.54) is 6.33 Å². The van der Waals surface area contributed by atoms with E-state index >= 15 is 0 Å². The second kappa shape index (κ2) is 5.95. The lowest BCUT2D eigenvalue weighted by Crippen LogP contribution is -2.24. The lowest BCUT2D eigenvalue weighted by atomic mass is 10.2. The molecule has 1 aromatic carbocycles. The topological polar surface area (TPSA) is 64.1 Å². The summed E-state index contributed by atoms with van der Waals surface area (Å²) >= 11 is 0. The van der Waals surface area contributed by atoms with Gasteiger partial charge in [0.2, 0.25) is 0 Å². The molecule has 0 bridgehead atoms. The zero-order valence-electron chi connectivity index (χ0n) is 10.9. The number of para-hydroxylation sites is 1. The largest absolute Gasteiger partial charge is 0.496 e. The highest BCUT2D eigenvalue weighted by Gasteiger charge is 2.08. The summed E-state index contributed by atoms with van der Waals surface area (Å²) in [5.41, 5.74) is 2.05. The summed E-state index contributed by atoms with van der Waals surface area (Å²) in [6, 6.07) is 9.20. The van der Waals surface area contributed by atoms with Gasteiger partial charge < -0.3 is 10.1 Å². The van der Waals surface area contributed by atoms with Gasteiger partial charge >= 0.3 is 0 Å². The molecule has 0 aliphatic heterocycles. The van der Waals surface area contributed by atoms with Crippen molar-refractivity contribution in [2.24, 2.45) is 0 Å². The summed E-state index contributed by atoms with van der Waals surface area (Å²) in [4.78, 5) is 19.8. The van der Waals surface area contributed by atoms with Crippen LogP contribution in [-0.2, 0) is 6.54 Å². The van der Waals surface area contributed by atoms with Gasteiger partial charge in [-0.2, -0.15) is 0 Å². The van der Waals surface area contributed by atoms with E-state index in [4.69, 9.17) is 4.74 Å². The van der Waals surface area contributed by atoms with E-state index in [1.54, 1.807) is 13.2 Å². The summed E-state index contributed by atoms with van der Waals surface area (Å²) in [6.07, 6.45) is 1.38. The number of hydrogen-bond donors (Lipinski definition) is 1. The Morgan fingerprint density at radius 1 is 1.32 bits per heavy atom. The highest BCUT2D eigenvalue weighted by molar-refractivity contribution is 5.92. The lowest BCUT2D eigenvalue weighted by molar-refractivity contribution is 0.0945. The predicted molar refractivity (Wildman–Crippen MR) is 70.9 cm³/mol. The average molecular weight is 257 g/mol. The summed E-state index contributed by atoms with van der Waals surface area (Å²) in [5.74, 6) is 0.526. The van der Waals surface area contributed by atoms with E-state index in [0.717, 1.165) is 17.0 Å². The van der Waals surface area contributed by atoms with Crippen LogP contribution in [-0.4, -0.2) is 23.0 Å². The van der Waals surface area contributed by atoms with Crippen molar-refractivity contribution >= 4 is 5.91 Å². The Morgan fingerprint density at radius 3 is 2.84 bits per heavy atom. The number of nitrogens with one attached hydrogen (secondary N) is 1. The van der Waals surface area contributed by atoms with Crippen LogP contribution in [0.25, 0.3) is 0 Å². The number of aryl methyl sites for hydroxylation is 1. The van der Waals surface area contributed by atoms with Gasteiger partial charge in [0, 0.05) is 17.8 Å². The van der Waals surface area contributed by atoms with Crippen molar-refractivity contribution in [2.45, 2.75) is 13.5 Å². The van der Waals surface area contributed by atoms with Crippen molar-refractivity contribution in [3.63, 3.8) is 0 Å². The molecular weight excluding hydrogens is 242 g/mol. The molecule has 0 spiro atoms. The zero-order valence-corrected chi connectivity index (χ0v) is 10.9. The molecule has 0 saturated heterocycles. The van der Waals surface area contributed by atoms with Crippen LogP contribution in [0.1, 0.15) is 21.7 Å². The standard InChI is InChI=1S/C14H15N3O2/c1-10-7-12(17-9-16-10)14(18)15-8-11-5-3-4-6-13(11)19-2/h3-7,9H,8H2,1-2H3,(H,15,18). The van der Waals surface area contributed by atoms with Crippen LogP contribution in [0.5, 0.6) is 5.75 Å². The zero-order chi connectivity index (χ0) is 13.7. The molecule has 0 saturated carbocycles. The highest BCUT2D eigenvalue weighted by atomic mass is 16.5. The smallest absolute Gasteiger partial charge is 0.270 e. The summed E-state index contributed by atoms with van der Waals surface area (Å²) in [6.45, 7) is 2.21. The number of amides is 1. The molecule has 0 unspecified atom stereocenters. The van der Waals surface area contributed by atoms with E-state index in [2.05, 4.69) is 15.3 Å². The van der Waals surface area contributed by atoms with Crippen molar-refractivity contribution in [1.29, 1.82) is 0 Å². The predicted octanol–water partition coefficient (Wildman–Crippen LogP) is 1.72. The van der Waals surface area contributed by atoms with Crippen LogP contribution < -0.4 is 10.1 Å². The minimum absolute atomic E-state index is 0.226. The third-order valence-electron chi connectivity index (χ3n) is 2.67. The summed E-state index contributed by atoms with van der Waals surface area (Å²) in [7, 11) is 1.61. The van der Waals surface area contributed by atoms with E-state index < -0.39 is 0 Å². The Balaban J connectivity index is 2.04. The molecule has 0 aliphatic rings. The molecule has 98 valence electrons. The molecule has 0 atom stereocenters. The second-order valence-electron chi connectivity index (χ2n) is 4.04. The number of aromatic nitrogens is 2. The second-order valence-corrected chi connectivity index (χ2v) is 4.04. The number of rotatable bonds is 4. The van der Waals surface area contributed by atoms with Crippen LogP contribution in [0.15, 0.2) is 36.7 Å². The summed E-state index contributed by atoms with van der Waals surface area (Å²) in [5, 5.41) is 2.81. The van der Waals surface area contributed by atoms with Gasteiger partial charge in [0.15, 0.2) is 0 Å². The van der Waals surface area contributed by atoms with Gasteiger partial charge in [-0.25, -0.2) is 9.97 Å². The number of nitrogens with zero attached hydrogens (tertiary/aromatic N) is 2. The molecule has 2 aromatic rings. The Hall–Kier alpha value is -2.43. The fraction of sp³-hybridized carbons (Fsp3) is 0.214. The van der Waals surface area contributed by atoms with Gasteiger partial charge in [-0.1, -0.05) is 18.2 Å². The van der Waals surface area contributed by atoms with Crippen molar-refractivity contribution in [2.75, 3.05) is 7.11 Å². The third kappa shape index (κ3) is 3.28. The van der Waals surface area contributed by atoms with Gasteiger partial charge in [-0.05, 0) is 19.1 Å². The van der Waals surface area contributed by atoms with Crippen LogP contribution in [0, 0.1) is 6.92 Å². The molecule has 2 rings (SSSR count). The van der Waals surface area contributed by atoms with Gasteiger partial charge in [0.05, 0.1) is 7.11 Å². The first-order chi connectivity index (χ1) is 9.20. The van der Waals surface area contributed by atoms with Crippen molar-refractivity contribution in [1.82, 2.24) is 15.3 Å². The molecule has 1 aromatic heterocycles. The van der Waals surface area contributed by atoms with E-state index in [-0.39, 0.29) is 5.91 Å². The Labute approximate surface area is 111 Å². The first-order valence-electron chi connectivity index (χ1n) is 5.89. The van der Waals surface area contributed by atoms with E-state index in [9.17, 15) is 4.79 Å². The monoisotopic (exact) mass is 257 g/mol. The summed E-state index contributed by atoms with van der Waals surface area (Å²) < 4.78 is 5.23. The lowest BCUT2D eigenvalue weighted by Gasteiger charge is -2.09. The molecule has 1 N–H and O–H groups in total. The maximum atomic E-state index is 11.9. The number of carbonyl (C=O) groups excluding carboxylic acids is 1. The molecule has 0 radical (unpaired) electrons. The normalized spacial score (nSPS) is 10.0. The molecule has 0 fully saturated rings. The molecular formula is C14H15N3O2. The Kier molecular flexibility index (Phi) is 4.07. The van der Waals surface area contributed by atoms with Crippen molar-refractivity contribution in [3.8, 4) is 5.75 Å². The molecule has 0 aliphatic carbocycles. The highest BCUT2D eigenvalue weighted by Crippen LogP contribution is 2.16. The minimum atomic E-state index is -0.226. The average Bonchev–Trinajstić information content (AvgIpc) is 2.45. The van der Waals surface area contributed by atoms with Crippen molar-refractivity contribution in [3.05, 3.63) is 53.6 Å². The van der Waals surface area contributed by atoms with Crippen LogP contribution in [0.2, 0.25) is 0 Å². The van der Waals surface area contributed by atoms with E-state index in [1.807, 2.05) is 31.2 Å². The minimum Gasteiger partial charge on any atom is -0.496 e. The van der Waals surface area contributed by atoms with Crippen LogP contribution >= 0.6 is 0 Å². The number of carbonyl (C=O) groups is 1. The number of methoxy groups -OCH3 is 1. The maximum Gasteiger partial charge on any atom is 0.270 e. The van der Waals surface area contributed by atoms with Gasteiger partial charge in [-0.3, -0.25) is 4.79 Å². The quantitative estimate of drug-likeness (QED) is 0.905. The van der Waals surface area contributed by atoms with E-state index in [0.29, 0.717) is 12.2 Å². The SMILES string of the molecule is COc1ccccc1CNC(=O)c1cc(C)ncn1. The number of ether oxygens (including phenoxy) is 1. The fourth-order valence-corrected chi connectivity index (χ4v) is 1.69. The van der Waals surface area contributed by atoms with Crippen LogP contribution in [0.4, 0.5) is 0 Å². The van der Waals surface area contributed by atoms with Gasteiger partial charge in [0.25, 0.3) is 5.91 Å². The first kappa shape index (κ1) is 13.0. The number of hydrogen-bond acceptors (Lipinski definition) is 4. The molecule has 1 heterocycles. The van der Waals surface area contributed by atoms with Gasteiger partial charge in [0.1, 0.15) is 17.8 Å². The van der Waals surface area contributed by atoms with Crippen LogP contribution in [0.3, 0.4) is 0 Å².